The van der Waals surface area contributed by atoms with Crippen LogP contribution in [0.3, 0.4) is 0 Å². The summed E-state index contributed by atoms with van der Waals surface area (Å²) in [7, 11) is 3.17. The van der Waals surface area contributed by atoms with Gasteiger partial charge in [0, 0.05) is 35.5 Å². The lowest BCUT2D eigenvalue weighted by Gasteiger charge is -2.15. The highest BCUT2D eigenvalue weighted by Gasteiger charge is 2.34. The molecule has 0 saturated carbocycles. The molecular weight excluding hydrogens is 384 g/mol. The smallest absolute Gasteiger partial charge is 0.345 e. The van der Waals surface area contributed by atoms with E-state index in [1.54, 1.807) is 32.3 Å². The molecule has 0 saturated heterocycles. The Morgan fingerprint density at radius 1 is 1.11 bits per heavy atom. The average molecular weight is 401 g/mol. The minimum absolute atomic E-state index is 0.213. The molecule has 0 fully saturated rings. The normalized spacial score (nSPS) is 13.6. The monoisotopic (exact) mass is 400 g/mol. The summed E-state index contributed by atoms with van der Waals surface area (Å²) in [6, 6.07) is 7.76. The Kier molecular flexibility index (Phi) is 5.94. The zero-order valence-corrected chi connectivity index (χ0v) is 15.8. The molecule has 8 heteroatoms. The van der Waals surface area contributed by atoms with Crippen molar-refractivity contribution in [3.05, 3.63) is 52.3 Å². The summed E-state index contributed by atoms with van der Waals surface area (Å²) in [6.45, 7) is 1.81. The third kappa shape index (κ3) is 4.30. The predicted molar refractivity (Wildman–Crippen MR) is 99.6 cm³/mol. The van der Waals surface area contributed by atoms with Crippen LogP contribution in [0.25, 0.3) is 10.8 Å². The average Bonchev–Trinajstić information content (AvgIpc) is 2.59. The van der Waals surface area contributed by atoms with Crippen LogP contribution in [0, 0.1) is 0 Å². The third-order valence-corrected chi connectivity index (χ3v) is 4.28. The molecular formula is C19H17ClF4N2O. The van der Waals surface area contributed by atoms with Crippen LogP contribution in [0.15, 0.2) is 46.7 Å². The van der Waals surface area contributed by atoms with Crippen LogP contribution in [-0.2, 0) is 0 Å². The van der Waals surface area contributed by atoms with E-state index >= 15 is 0 Å². The van der Waals surface area contributed by atoms with E-state index in [9.17, 15) is 22.4 Å². The number of halogens is 5. The number of aliphatic imine (C=N–C) groups is 1. The van der Waals surface area contributed by atoms with E-state index in [1.807, 2.05) is 0 Å². The van der Waals surface area contributed by atoms with E-state index in [4.69, 9.17) is 11.6 Å². The first kappa shape index (κ1) is 20.9. The van der Waals surface area contributed by atoms with E-state index in [1.165, 1.54) is 17.0 Å². The first-order valence-corrected chi connectivity index (χ1v) is 8.25. The largest absolute Gasteiger partial charge is 0.415 e. The summed E-state index contributed by atoms with van der Waals surface area (Å²) in [5.74, 6) is -1.73. The first-order chi connectivity index (χ1) is 12.4. The number of benzene rings is 2. The molecule has 1 amide bonds. The van der Waals surface area contributed by atoms with Gasteiger partial charge >= 0.3 is 6.18 Å². The number of amides is 1. The zero-order chi connectivity index (χ0) is 20.5. The Morgan fingerprint density at radius 2 is 1.74 bits per heavy atom. The molecule has 0 aromatic heterocycles. The first-order valence-electron chi connectivity index (χ1n) is 7.87. The standard InChI is InChI=1S/C19H17ClF4N2O/c1-10(19(22,23)24)17(21)11(2)25-15-9-8-13(18(27)26(3)4)16-12(15)6-5-7-14(16)20/h5-9H,1-4H3. The molecule has 0 aliphatic heterocycles. The molecule has 0 spiro atoms. The maximum Gasteiger partial charge on any atom is 0.415 e. The van der Waals surface area contributed by atoms with Crippen molar-refractivity contribution in [3.63, 3.8) is 0 Å². The van der Waals surface area contributed by atoms with Crippen LogP contribution in [0.2, 0.25) is 5.02 Å². The molecule has 0 aliphatic rings. The number of alkyl halides is 3. The molecule has 0 heterocycles. The molecule has 0 aliphatic carbocycles. The second kappa shape index (κ2) is 7.68. The minimum Gasteiger partial charge on any atom is -0.345 e. The molecule has 27 heavy (non-hydrogen) atoms. The summed E-state index contributed by atoms with van der Waals surface area (Å²) in [5.41, 5.74) is -1.24. The molecule has 0 bridgehead atoms. The van der Waals surface area contributed by atoms with Crippen LogP contribution in [-0.4, -0.2) is 36.8 Å². The van der Waals surface area contributed by atoms with Gasteiger partial charge in [0.2, 0.25) is 0 Å². The van der Waals surface area contributed by atoms with Gasteiger partial charge in [-0.3, -0.25) is 9.79 Å². The lowest BCUT2D eigenvalue weighted by atomic mass is 10.0. The van der Waals surface area contributed by atoms with Crippen molar-refractivity contribution in [1.82, 2.24) is 4.90 Å². The van der Waals surface area contributed by atoms with Gasteiger partial charge in [-0.1, -0.05) is 23.7 Å². The quantitative estimate of drug-likeness (QED) is 0.453. The van der Waals surface area contributed by atoms with Gasteiger partial charge in [0.1, 0.15) is 0 Å². The SMILES string of the molecule is CC(=Nc1ccc(C(=O)N(C)C)c2c(Cl)cccc12)C(F)=C(C)C(F)(F)F. The van der Waals surface area contributed by atoms with Gasteiger partial charge in [-0.15, -0.1) is 0 Å². The summed E-state index contributed by atoms with van der Waals surface area (Å²) in [5, 5.41) is 1.13. The van der Waals surface area contributed by atoms with Crippen molar-refractivity contribution in [1.29, 1.82) is 0 Å². The number of rotatable bonds is 3. The topological polar surface area (TPSA) is 32.7 Å². The van der Waals surface area contributed by atoms with Crippen molar-refractivity contribution in [2.24, 2.45) is 4.99 Å². The van der Waals surface area contributed by atoms with Gasteiger partial charge in [0.25, 0.3) is 5.91 Å². The van der Waals surface area contributed by atoms with Crippen molar-refractivity contribution in [2.45, 2.75) is 20.0 Å². The van der Waals surface area contributed by atoms with Gasteiger partial charge in [-0.25, -0.2) is 4.39 Å². The second-order valence-electron chi connectivity index (χ2n) is 6.13. The summed E-state index contributed by atoms with van der Waals surface area (Å²) >= 11 is 6.24. The lowest BCUT2D eigenvalue weighted by molar-refractivity contribution is -0.0927. The Hall–Kier alpha value is -2.41. The number of allylic oxidation sites excluding steroid dienone is 2. The van der Waals surface area contributed by atoms with Gasteiger partial charge in [-0.05, 0) is 32.0 Å². The molecule has 0 unspecified atom stereocenters. The van der Waals surface area contributed by atoms with E-state index in [0.717, 1.165) is 6.92 Å². The third-order valence-electron chi connectivity index (χ3n) is 3.96. The fraction of sp³-hybridized carbons (Fsp3) is 0.263. The molecule has 2 rings (SSSR count). The summed E-state index contributed by atoms with van der Waals surface area (Å²) in [6.07, 6.45) is -4.78. The fourth-order valence-electron chi connectivity index (χ4n) is 2.49. The second-order valence-corrected chi connectivity index (χ2v) is 6.54. The molecule has 144 valence electrons. The Bertz CT molecular complexity index is 962. The predicted octanol–water partition coefficient (Wildman–Crippen LogP) is 6.09. The van der Waals surface area contributed by atoms with Crippen LogP contribution in [0.5, 0.6) is 0 Å². The lowest BCUT2D eigenvalue weighted by Crippen LogP contribution is -2.21. The zero-order valence-electron chi connectivity index (χ0n) is 15.1. The van der Waals surface area contributed by atoms with Gasteiger partial charge in [0.05, 0.1) is 17.0 Å². The highest BCUT2D eigenvalue weighted by atomic mass is 35.5. The minimum atomic E-state index is -4.78. The maximum atomic E-state index is 14.1. The number of hydrogen-bond donors (Lipinski definition) is 0. The maximum absolute atomic E-state index is 14.1. The van der Waals surface area contributed by atoms with Crippen molar-refractivity contribution in [2.75, 3.05) is 14.1 Å². The van der Waals surface area contributed by atoms with Crippen LogP contribution >= 0.6 is 11.6 Å². The molecule has 0 radical (unpaired) electrons. The Morgan fingerprint density at radius 3 is 2.30 bits per heavy atom. The van der Waals surface area contributed by atoms with Crippen molar-refractivity contribution >= 4 is 39.7 Å². The molecule has 0 N–H and O–H groups in total. The van der Waals surface area contributed by atoms with E-state index in [0.29, 0.717) is 23.3 Å². The molecule has 2 aromatic rings. The highest BCUT2D eigenvalue weighted by Crippen LogP contribution is 2.35. The van der Waals surface area contributed by atoms with Crippen LogP contribution in [0.4, 0.5) is 23.2 Å². The molecule has 2 aromatic carbocycles. The van der Waals surface area contributed by atoms with Crippen molar-refractivity contribution < 1.29 is 22.4 Å². The van der Waals surface area contributed by atoms with Gasteiger partial charge in [0.15, 0.2) is 5.83 Å². The van der Waals surface area contributed by atoms with Crippen LogP contribution in [0.1, 0.15) is 24.2 Å². The number of carbonyl (C=O) groups excluding carboxylic acids is 1. The number of nitrogens with zero attached hydrogens (tertiary/aromatic N) is 2. The van der Waals surface area contributed by atoms with E-state index in [-0.39, 0.29) is 16.6 Å². The van der Waals surface area contributed by atoms with Crippen molar-refractivity contribution in [3.8, 4) is 0 Å². The fourth-order valence-corrected chi connectivity index (χ4v) is 2.77. The van der Waals surface area contributed by atoms with E-state index in [2.05, 4.69) is 4.99 Å². The van der Waals surface area contributed by atoms with Crippen LogP contribution < -0.4 is 0 Å². The van der Waals surface area contributed by atoms with Gasteiger partial charge in [-0.2, -0.15) is 13.2 Å². The van der Waals surface area contributed by atoms with E-state index < -0.39 is 23.3 Å². The summed E-state index contributed by atoms with van der Waals surface area (Å²) < 4.78 is 52.2. The highest BCUT2D eigenvalue weighted by molar-refractivity contribution is 6.37. The number of fused-ring (bicyclic) bond motifs is 1. The molecule has 0 atom stereocenters. The molecule has 3 nitrogen and oxygen atoms in total. The number of carbonyl (C=O) groups is 1. The Balaban J connectivity index is 2.71. The summed E-state index contributed by atoms with van der Waals surface area (Å²) in [4.78, 5) is 17.8. The Labute approximate surface area is 158 Å². The number of hydrogen-bond acceptors (Lipinski definition) is 2. The van der Waals surface area contributed by atoms with Gasteiger partial charge < -0.3 is 4.90 Å².